The lowest BCUT2D eigenvalue weighted by atomic mass is 9.97. The van der Waals surface area contributed by atoms with E-state index < -0.39 is 12.1 Å². The number of nitrogens with zero attached hydrogens (tertiary/aromatic N) is 1. The molecule has 1 aromatic rings. The highest BCUT2D eigenvalue weighted by Gasteiger charge is 2.45. The molecule has 0 saturated carbocycles. The Bertz CT molecular complexity index is 449. The molecule has 17 heavy (non-hydrogen) atoms. The molecule has 0 radical (unpaired) electrons. The molecule has 1 saturated heterocycles. The minimum absolute atomic E-state index is 0.236. The van der Waals surface area contributed by atoms with E-state index in [1.807, 2.05) is 32.0 Å². The highest BCUT2D eigenvalue weighted by molar-refractivity contribution is 7.99. The topological polar surface area (TPSA) is 63.4 Å². The standard InChI is InChI=1S/C12H15NO3S/c1-7-3-4-9(8(2)5-7)12-11(13(15)16)10(14)6-17-12/h3-5,10-12,14H,6H2,1-2H3/t10-,11-,12+/m1/s1. The van der Waals surface area contributed by atoms with Gasteiger partial charge in [-0.2, -0.15) is 0 Å². The molecule has 92 valence electrons. The van der Waals surface area contributed by atoms with Crippen molar-refractivity contribution >= 4 is 11.8 Å². The smallest absolute Gasteiger partial charge is 0.255 e. The zero-order chi connectivity index (χ0) is 12.6. The normalized spacial score (nSPS) is 28.3. The van der Waals surface area contributed by atoms with Crippen LogP contribution < -0.4 is 0 Å². The molecule has 0 spiro atoms. The first-order valence-corrected chi connectivity index (χ1v) is 6.56. The Hall–Kier alpha value is -1.07. The monoisotopic (exact) mass is 253 g/mol. The van der Waals surface area contributed by atoms with E-state index in [1.165, 1.54) is 11.8 Å². The van der Waals surface area contributed by atoms with Crippen molar-refractivity contribution in [3.63, 3.8) is 0 Å². The van der Waals surface area contributed by atoms with E-state index in [-0.39, 0.29) is 10.2 Å². The average molecular weight is 253 g/mol. The van der Waals surface area contributed by atoms with Gasteiger partial charge in [-0.05, 0) is 25.0 Å². The first-order chi connectivity index (χ1) is 8.00. The summed E-state index contributed by atoms with van der Waals surface area (Å²) < 4.78 is 0. The maximum Gasteiger partial charge on any atom is 0.255 e. The van der Waals surface area contributed by atoms with Gasteiger partial charge in [0.15, 0.2) is 0 Å². The number of thioether (sulfide) groups is 1. The molecule has 1 aliphatic heterocycles. The minimum atomic E-state index is -0.888. The molecule has 1 fully saturated rings. The summed E-state index contributed by atoms with van der Waals surface area (Å²) in [5.41, 5.74) is 3.18. The summed E-state index contributed by atoms with van der Waals surface area (Å²) in [6, 6.07) is 5.04. The summed E-state index contributed by atoms with van der Waals surface area (Å²) in [6.45, 7) is 3.96. The first kappa shape index (κ1) is 12.4. The van der Waals surface area contributed by atoms with Crippen molar-refractivity contribution in [3.8, 4) is 0 Å². The van der Waals surface area contributed by atoms with Crippen LogP contribution in [0.3, 0.4) is 0 Å². The third kappa shape index (κ3) is 2.30. The lowest BCUT2D eigenvalue weighted by molar-refractivity contribution is -0.531. The Labute approximate surface area is 104 Å². The van der Waals surface area contributed by atoms with E-state index in [9.17, 15) is 15.2 Å². The number of aliphatic hydroxyl groups excluding tert-OH is 1. The maximum absolute atomic E-state index is 11.0. The van der Waals surface area contributed by atoms with Gasteiger partial charge in [-0.15, -0.1) is 11.8 Å². The minimum Gasteiger partial charge on any atom is -0.385 e. The molecular weight excluding hydrogens is 238 g/mol. The molecule has 3 atom stereocenters. The van der Waals surface area contributed by atoms with Crippen LogP contribution in [-0.2, 0) is 0 Å². The van der Waals surface area contributed by atoms with Crippen molar-refractivity contribution in [3.05, 3.63) is 45.0 Å². The number of aliphatic hydroxyl groups is 1. The number of nitro groups is 1. The number of hydrogen-bond acceptors (Lipinski definition) is 4. The van der Waals surface area contributed by atoms with Crippen molar-refractivity contribution < 1.29 is 10.0 Å². The highest BCUT2D eigenvalue weighted by Crippen LogP contribution is 2.42. The van der Waals surface area contributed by atoms with Crippen molar-refractivity contribution in [2.24, 2.45) is 0 Å². The van der Waals surface area contributed by atoms with Crippen LogP contribution in [0.5, 0.6) is 0 Å². The van der Waals surface area contributed by atoms with Crippen LogP contribution in [0.15, 0.2) is 18.2 Å². The fourth-order valence-electron chi connectivity index (χ4n) is 2.27. The van der Waals surface area contributed by atoms with Crippen LogP contribution in [0.25, 0.3) is 0 Å². The molecule has 0 aliphatic carbocycles. The second-order valence-corrected chi connectivity index (χ2v) is 5.63. The average Bonchev–Trinajstić information content (AvgIpc) is 2.60. The quantitative estimate of drug-likeness (QED) is 0.647. The molecule has 0 bridgehead atoms. The first-order valence-electron chi connectivity index (χ1n) is 5.51. The van der Waals surface area contributed by atoms with Crippen molar-refractivity contribution in [1.29, 1.82) is 0 Å². The number of aryl methyl sites for hydroxylation is 2. The predicted octanol–water partition coefficient (Wildman–Crippen LogP) is 2.10. The molecule has 1 N–H and O–H groups in total. The van der Waals surface area contributed by atoms with Gasteiger partial charge in [0.1, 0.15) is 11.4 Å². The Balaban J connectivity index is 2.36. The molecule has 0 aromatic heterocycles. The lowest BCUT2D eigenvalue weighted by Gasteiger charge is -2.16. The Morgan fingerprint density at radius 1 is 1.47 bits per heavy atom. The van der Waals surface area contributed by atoms with Gasteiger partial charge in [-0.1, -0.05) is 23.8 Å². The lowest BCUT2D eigenvalue weighted by Crippen LogP contribution is -2.33. The zero-order valence-corrected chi connectivity index (χ0v) is 10.6. The highest BCUT2D eigenvalue weighted by atomic mass is 32.2. The van der Waals surface area contributed by atoms with Gasteiger partial charge in [0.25, 0.3) is 6.04 Å². The molecule has 0 amide bonds. The van der Waals surface area contributed by atoms with Crippen LogP contribution in [-0.4, -0.2) is 27.9 Å². The second-order valence-electron chi connectivity index (χ2n) is 4.46. The zero-order valence-electron chi connectivity index (χ0n) is 9.79. The van der Waals surface area contributed by atoms with Crippen molar-refractivity contribution in [2.75, 3.05) is 5.75 Å². The van der Waals surface area contributed by atoms with E-state index in [2.05, 4.69) is 0 Å². The molecule has 1 aromatic carbocycles. The molecule has 0 unspecified atom stereocenters. The van der Waals surface area contributed by atoms with Gasteiger partial charge in [-0.3, -0.25) is 10.1 Å². The second kappa shape index (κ2) is 4.66. The summed E-state index contributed by atoms with van der Waals surface area (Å²) in [5, 5.41) is 20.4. The maximum atomic E-state index is 11.0. The van der Waals surface area contributed by atoms with Gasteiger partial charge < -0.3 is 5.11 Å². The van der Waals surface area contributed by atoms with Crippen LogP contribution in [0.1, 0.15) is 21.9 Å². The SMILES string of the molecule is Cc1ccc([C@@H]2SC[C@@H](O)[C@H]2[N+](=O)[O-])c(C)c1. The third-order valence-electron chi connectivity index (χ3n) is 3.13. The Morgan fingerprint density at radius 2 is 2.18 bits per heavy atom. The molecule has 5 heteroatoms. The third-order valence-corrected chi connectivity index (χ3v) is 4.55. The van der Waals surface area contributed by atoms with Gasteiger partial charge in [0.05, 0.1) is 0 Å². The van der Waals surface area contributed by atoms with Gasteiger partial charge in [-0.25, -0.2) is 0 Å². The van der Waals surface area contributed by atoms with Crippen molar-refractivity contribution in [1.82, 2.24) is 0 Å². The molecule has 1 heterocycles. The van der Waals surface area contributed by atoms with Gasteiger partial charge >= 0.3 is 0 Å². The van der Waals surface area contributed by atoms with E-state index in [4.69, 9.17) is 0 Å². The van der Waals surface area contributed by atoms with Gasteiger partial charge in [0.2, 0.25) is 0 Å². The van der Waals surface area contributed by atoms with Gasteiger partial charge in [0, 0.05) is 10.7 Å². The van der Waals surface area contributed by atoms with E-state index in [0.29, 0.717) is 5.75 Å². The fraction of sp³-hybridized carbons (Fsp3) is 0.500. The van der Waals surface area contributed by atoms with E-state index in [0.717, 1.165) is 16.7 Å². The molecule has 4 nitrogen and oxygen atoms in total. The summed E-state index contributed by atoms with van der Waals surface area (Å²) in [5.74, 6) is 0.434. The van der Waals surface area contributed by atoms with Crippen LogP contribution in [0.2, 0.25) is 0 Å². The fourth-order valence-corrected chi connectivity index (χ4v) is 3.79. The van der Waals surface area contributed by atoms with Crippen LogP contribution in [0, 0.1) is 24.0 Å². The molecule has 2 rings (SSSR count). The summed E-state index contributed by atoms with van der Waals surface area (Å²) in [6.07, 6.45) is -0.847. The van der Waals surface area contributed by atoms with Crippen molar-refractivity contribution in [2.45, 2.75) is 31.2 Å². The van der Waals surface area contributed by atoms with E-state index in [1.54, 1.807) is 0 Å². The van der Waals surface area contributed by atoms with Crippen LogP contribution >= 0.6 is 11.8 Å². The summed E-state index contributed by atoms with van der Waals surface area (Å²) >= 11 is 1.47. The largest absolute Gasteiger partial charge is 0.385 e. The molecular formula is C12H15NO3S. The Morgan fingerprint density at radius 3 is 2.76 bits per heavy atom. The summed E-state index contributed by atoms with van der Waals surface area (Å²) in [7, 11) is 0. The van der Waals surface area contributed by atoms with E-state index >= 15 is 0 Å². The predicted molar refractivity (Wildman–Crippen MR) is 67.9 cm³/mol. The Kier molecular flexibility index (Phi) is 3.40. The summed E-state index contributed by atoms with van der Waals surface area (Å²) in [4.78, 5) is 10.7. The van der Waals surface area contributed by atoms with Crippen LogP contribution in [0.4, 0.5) is 0 Å². The number of rotatable bonds is 2. The number of benzene rings is 1. The number of hydrogen-bond donors (Lipinski definition) is 1. The molecule has 1 aliphatic rings.